The van der Waals surface area contributed by atoms with Crippen molar-refractivity contribution in [3.63, 3.8) is 0 Å². The molecule has 0 unspecified atom stereocenters. The van der Waals surface area contributed by atoms with E-state index in [0.29, 0.717) is 23.1 Å². The zero-order chi connectivity index (χ0) is 12.3. The maximum absolute atomic E-state index is 6.09. The summed E-state index contributed by atoms with van der Waals surface area (Å²) in [5.74, 6) is 0. The zero-order valence-corrected chi connectivity index (χ0v) is 10.8. The van der Waals surface area contributed by atoms with Crippen LogP contribution in [0.15, 0.2) is 24.4 Å². The SMILES string of the molecule is CNCc1cn(Cc2ccc(Cl)cc2Cl)nn1. The third-order valence-corrected chi connectivity index (χ3v) is 2.88. The first-order valence-electron chi connectivity index (χ1n) is 5.16. The number of nitrogens with one attached hydrogen (secondary N) is 1. The minimum Gasteiger partial charge on any atom is -0.314 e. The van der Waals surface area contributed by atoms with Crippen LogP contribution in [0.3, 0.4) is 0 Å². The fourth-order valence-corrected chi connectivity index (χ4v) is 1.97. The summed E-state index contributed by atoms with van der Waals surface area (Å²) in [5.41, 5.74) is 1.87. The lowest BCUT2D eigenvalue weighted by atomic mass is 10.2. The Bertz CT molecular complexity index is 510. The highest BCUT2D eigenvalue weighted by molar-refractivity contribution is 6.35. The molecule has 2 aromatic rings. The Labute approximate surface area is 110 Å². The maximum Gasteiger partial charge on any atom is 0.0964 e. The molecular weight excluding hydrogens is 259 g/mol. The molecule has 0 spiro atoms. The first-order chi connectivity index (χ1) is 8.19. The van der Waals surface area contributed by atoms with E-state index in [1.54, 1.807) is 10.7 Å². The highest BCUT2D eigenvalue weighted by atomic mass is 35.5. The molecule has 0 atom stereocenters. The normalized spacial score (nSPS) is 10.8. The number of hydrogen-bond donors (Lipinski definition) is 1. The van der Waals surface area contributed by atoms with E-state index in [1.165, 1.54) is 0 Å². The van der Waals surface area contributed by atoms with E-state index >= 15 is 0 Å². The monoisotopic (exact) mass is 270 g/mol. The van der Waals surface area contributed by atoms with Gasteiger partial charge in [-0.15, -0.1) is 5.10 Å². The summed E-state index contributed by atoms with van der Waals surface area (Å²) < 4.78 is 1.75. The van der Waals surface area contributed by atoms with Gasteiger partial charge in [-0.25, -0.2) is 4.68 Å². The van der Waals surface area contributed by atoms with Crippen LogP contribution in [0.5, 0.6) is 0 Å². The third kappa shape index (κ3) is 3.19. The summed E-state index contributed by atoms with van der Waals surface area (Å²) in [6.45, 7) is 1.29. The predicted molar refractivity (Wildman–Crippen MR) is 68.3 cm³/mol. The van der Waals surface area contributed by atoms with Crippen LogP contribution in [0.4, 0.5) is 0 Å². The lowest BCUT2D eigenvalue weighted by Gasteiger charge is -2.03. The Hall–Kier alpha value is -1.10. The molecule has 0 aliphatic rings. The molecule has 0 fully saturated rings. The second-order valence-corrected chi connectivity index (χ2v) is 4.52. The summed E-state index contributed by atoms with van der Waals surface area (Å²) in [4.78, 5) is 0. The van der Waals surface area contributed by atoms with Gasteiger partial charge in [-0.2, -0.15) is 0 Å². The van der Waals surface area contributed by atoms with Crippen molar-refractivity contribution in [2.45, 2.75) is 13.1 Å². The Morgan fingerprint density at radius 2 is 2.18 bits per heavy atom. The Kier molecular flexibility index (Phi) is 3.99. The van der Waals surface area contributed by atoms with Gasteiger partial charge >= 0.3 is 0 Å². The minimum atomic E-state index is 0.590. The molecule has 90 valence electrons. The highest BCUT2D eigenvalue weighted by Gasteiger charge is 2.04. The topological polar surface area (TPSA) is 42.7 Å². The van der Waals surface area contributed by atoms with Gasteiger partial charge in [-0.3, -0.25) is 0 Å². The van der Waals surface area contributed by atoms with E-state index in [0.717, 1.165) is 11.3 Å². The summed E-state index contributed by atoms with van der Waals surface area (Å²) in [6.07, 6.45) is 1.89. The molecule has 0 aliphatic heterocycles. The number of aromatic nitrogens is 3. The molecule has 1 aromatic heterocycles. The maximum atomic E-state index is 6.09. The largest absolute Gasteiger partial charge is 0.314 e. The molecule has 1 heterocycles. The van der Waals surface area contributed by atoms with Gasteiger partial charge in [0, 0.05) is 16.6 Å². The van der Waals surface area contributed by atoms with Crippen molar-refractivity contribution >= 4 is 23.2 Å². The van der Waals surface area contributed by atoms with Crippen molar-refractivity contribution < 1.29 is 0 Å². The van der Waals surface area contributed by atoms with Gasteiger partial charge in [0.2, 0.25) is 0 Å². The van der Waals surface area contributed by atoms with Crippen LogP contribution in [0, 0.1) is 0 Å². The molecule has 0 saturated carbocycles. The predicted octanol–water partition coefficient (Wildman–Crippen LogP) is 2.35. The van der Waals surface area contributed by atoms with Crippen LogP contribution in [0.2, 0.25) is 10.0 Å². The summed E-state index contributed by atoms with van der Waals surface area (Å²) >= 11 is 11.9. The minimum absolute atomic E-state index is 0.590. The van der Waals surface area contributed by atoms with E-state index < -0.39 is 0 Å². The molecule has 2 rings (SSSR count). The van der Waals surface area contributed by atoms with Crippen LogP contribution < -0.4 is 5.32 Å². The van der Waals surface area contributed by atoms with Crippen LogP contribution >= 0.6 is 23.2 Å². The van der Waals surface area contributed by atoms with Crippen molar-refractivity contribution in [3.05, 3.63) is 45.7 Å². The Morgan fingerprint density at radius 1 is 1.35 bits per heavy atom. The second-order valence-electron chi connectivity index (χ2n) is 3.67. The van der Waals surface area contributed by atoms with E-state index in [4.69, 9.17) is 23.2 Å². The van der Waals surface area contributed by atoms with Gasteiger partial charge < -0.3 is 5.32 Å². The average Bonchev–Trinajstić information content (AvgIpc) is 2.71. The number of rotatable bonds is 4. The van der Waals surface area contributed by atoms with E-state index in [9.17, 15) is 0 Å². The van der Waals surface area contributed by atoms with Gasteiger partial charge in [-0.05, 0) is 24.7 Å². The highest BCUT2D eigenvalue weighted by Crippen LogP contribution is 2.21. The number of hydrogen-bond acceptors (Lipinski definition) is 3. The van der Waals surface area contributed by atoms with Gasteiger partial charge in [0.25, 0.3) is 0 Å². The van der Waals surface area contributed by atoms with Gasteiger partial charge in [0.05, 0.1) is 18.4 Å². The molecular formula is C11H12Cl2N4. The van der Waals surface area contributed by atoms with Crippen molar-refractivity contribution in [3.8, 4) is 0 Å². The fraction of sp³-hybridized carbons (Fsp3) is 0.273. The molecule has 0 amide bonds. The molecule has 0 bridgehead atoms. The van der Waals surface area contributed by atoms with E-state index in [2.05, 4.69) is 15.6 Å². The summed E-state index contributed by atoms with van der Waals surface area (Å²) in [7, 11) is 1.87. The first-order valence-corrected chi connectivity index (χ1v) is 5.92. The van der Waals surface area contributed by atoms with Gasteiger partial charge in [0.1, 0.15) is 0 Å². The standard InChI is InChI=1S/C11H12Cl2N4/c1-14-5-10-7-17(16-15-10)6-8-2-3-9(12)4-11(8)13/h2-4,7,14H,5-6H2,1H3. The zero-order valence-electron chi connectivity index (χ0n) is 9.32. The Morgan fingerprint density at radius 3 is 2.88 bits per heavy atom. The lowest BCUT2D eigenvalue weighted by Crippen LogP contribution is -2.05. The third-order valence-electron chi connectivity index (χ3n) is 2.29. The number of benzene rings is 1. The number of nitrogens with zero attached hydrogens (tertiary/aromatic N) is 3. The van der Waals surface area contributed by atoms with Gasteiger partial charge in [-0.1, -0.05) is 34.5 Å². The van der Waals surface area contributed by atoms with Crippen LogP contribution in [0.1, 0.15) is 11.3 Å². The van der Waals surface area contributed by atoms with Crippen LogP contribution in [-0.2, 0) is 13.1 Å². The van der Waals surface area contributed by atoms with Crippen molar-refractivity contribution in [2.75, 3.05) is 7.05 Å². The average molecular weight is 271 g/mol. The van der Waals surface area contributed by atoms with Crippen LogP contribution in [0.25, 0.3) is 0 Å². The first kappa shape index (κ1) is 12.4. The van der Waals surface area contributed by atoms with E-state index in [1.807, 2.05) is 25.4 Å². The smallest absolute Gasteiger partial charge is 0.0964 e. The fourth-order valence-electron chi connectivity index (χ4n) is 1.50. The Balaban J connectivity index is 2.13. The van der Waals surface area contributed by atoms with Crippen molar-refractivity contribution in [1.29, 1.82) is 0 Å². The molecule has 1 aromatic carbocycles. The quantitative estimate of drug-likeness (QED) is 0.928. The van der Waals surface area contributed by atoms with Crippen molar-refractivity contribution in [1.82, 2.24) is 20.3 Å². The molecule has 0 radical (unpaired) electrons. The molecule has 4 nitrogen and oxygen atoms in total. The molecule has 6 heteroatoms. The van der Waals surface area contributed by atoms with Gasteiger partial charge in [0.15, 0.2) is 0 Å². The molecule has 17 heavy (non-hydrogen) atoms. The molecule has 0 saturated heterocycles. The van der Waals surface area contributed by atoms with Crippen molar-refractivity contribution in [2.24, 2.45) is 0 Å². The second kappa shape index (κ2) is 5.49. The summed E-state index contributed by atoms with van der Waals surface area (Å²) in [6, 6.07) is 5.43. The van der Waals surface area contributed by atoms with E-state index in [-0.39, 0.29) is 0 Å². The lowest BCUT2D eigenvalue weighted by molar-refractivity contribution is 0.649. The summed E-state index contributed by atoms with van der Waals surface area (Å²) in [5, 5.41) is 12.4. The van der Waals surface area contributed by atoms with Crippen LogP contribution in [-0.4, -0.2) is 22.0 Å². The number of halogens is 2. The molecule has 0 aliphatic carbocycles. The molecule has 1 N–H and O–H groups in total.